The fraction of sp³-hybridized carbons (Fsp3) is 0.136. The molecule has 0 aliphatic rings. The SMILES string of the molecule is CNC(=O)c1cccc(-c2cc3ncn(C)c(=O)c3c(NCc3ccncc3)n2)c1. The Hall–Kier alpha value is -4.07. The van der Waals surface area contributed by atoms with Crippen LogP contribution in [0.1, 0.15) is 15.9 Å². The molecule has 4 aromatic rings. The summed E-state index contributed by atoms with van der Waals surface area (Å²) in [4.78, 5) is 37.9. The lowest BCUT2D eigenvalue weighted by Gasteiger charge is -2.12. The summed E-state index contributed by atoms with van der Waals surface area (Å²) in [7, 11) is 3.24. The number of aryl methyl sites for hydroxylation is 1. The summed E-state index contributed by atoms with van der Waals surface area (Å²) in [6.07, 6.45) is 4.91. The topological polar surface area (TPSA) is 102 Å². The molecule has 8 nitrogen and oxygen atoms in total. The number of carbonyl (C=O) groups excluding carboxylic acids is 1. The number of amides is 1. The molecule has 0 fully saturated rings. The number of rotatable bonds is 5. The molecular weight excluding hydrogens is 380 g/mol. The maximum Gasteiger partial charge on any atom is 0.264 e. The van der Waals surface area contributed by atoms with Gasteiger partial charge in [-0.3, -0.25) is 14.6 Å². The third kappa shape index (κ3) is 3.75. The Kier molecular flexibility index (Phi) is 5.21. The van der Waals surface area contributed by atoms with Gasteiger partial charge in [-0.1, -0.05) is 12.1 Å². The van der Waals surface area contributed by atoms with E-state index in [2.05, 4.69) is 20.6 Å². The third-order valence-corrected chi connectivity index (χ3v) is 4.76. The Morgan fingerprint density at radius 3 is 2.70 bits per heavy atom. The quantitative estimate of drug-likeness (QED) is 0.533. The second-order valence-corrected chi connectivity index (χ2v) is 6.78. The van der Waals surface area contributed by atoms with Gasteiger partial charge in [0.25, 0.3) is 11.5 Å². The van der Waals surface area contributed by atoms with Crippen LogP contribution in [0.15, 0.2) is 66.0 Å². The third-order valence-electron chi connectivity index (χ3n) is 4.76. The van der Waals surface area contributed by atoms with E-state index in [-0.39, 0.29) is 11.5 Å². The highest BCUT2D eigenvalue weighted by Gasteiger charge is 2.14. The molecule has 150 valence electrons. The molecule has 3 heterocycles. The van der Waals surface area contributed by atoms with E-state index in [1.807, 2.05) is 18.2 Å². The standard InChI is InChI=1S/C22H20N6O2/c1-23-21(29)16-5-3-4-15(10-16)17-11-18-19(22(30)28(2)13-26-18)20(27-17)25-12-14-6-8-24-9-7-14/h3-11,13H,12H2,1-2H3,(H,23,29)(H,25,27). The summed E-state index contributed by atoms with van der Waals surface area (Å²) in [6, 6.07) is 12.7. The number of fused-ring (bicyclic) bond motifs is 1. The van der Waals surface area contributed by atoms with Crippen LogP contribution in [0.25, 0.3) is 22.2 Å². The van der Waals surface area contributed by atoms with Crippen LogP contribution in [0.2, 0.25) is 0 Å². The van der Waals surface area contributed by atoms with Crippen molar-refractivity contribution in [2.45, 2.75) is 6.54 Å². The summed E-state index contributed by atoms with van der Waals surface area (Å²) in [5.41, 5.74) is 3.26. The predicted octanol–water partition coefficient (Wildman–Crippen LogP) is 2.36. The molecule has 0 saturated carbocycles. The fourth-order valence-corrected chi connectivity index (χ4v) is 3.15. The summed E-state index contributed by atoms with van der Waals surface area (Å²) in [6.45, 7) is 0.477. The lowest BCUT2D eigenvalue weighted by Crippen LogP contribution is -2.19. The zero-order valence-corrected chi connectivity index (χ0v) is 16.6. The zero-order valence-electron chi connectivity index (χ0n) is 16.6. The molecule has 3 aromatic heterocycles. The number of anilines is 1. The maximum atomic E-state index is 12.8. The molecular formula is C22H20N6O2. The van der Waals surface area contributed by atoms with Crippen molar-refractivity contribution in [2.24, 2.45) is 7.05 Å². The number of benzene rings is 1. The van der Waals surface area contributed by atoms with Crippen LogP contribution in [0.4, 0.5) is 5.82 Å². The highest BCUT2D eigenvalue weighted by molar-refractivity contribution is 5.96. The molecule has 0 bridgehead atoms. The lowest BCUT2D eigenvalue weighted by molar-refractivity contribution is 0.0963. The van der Waals surface area contributed by atoms with Gasteiger partial charge in [0, 0.05) is 44.2 Å². The second-order valence-electron chi connectivity index (χ2n) is 6.78. The molecule has 2 N–H and O–H groups in total. The summed E-state index contributed by atoms with van der Waals surface area (Å²) >= 11 is 0. The van der Waals surface area contributed by atoms with Gasteiger partial charge in [-0.05, 0) is 35.9 Å². The van der Waals surface area contributed by atoms with Crippen LogP contribution < -0.4 is 16.2 Å². The van der Waals surface area contributed by atoms with Crippen molar-refractivity contribution in [1.29, 1.82) is 0 Å². The summed E-state index contributed by atoms with van der Waals surface area (Å²) in [5, 5.41) is 6.30. The number of nitrogens with one attached hydrogen (secondary N) is 2. The van der Waals surface area contributed by atoms with E-state index in [0.29, 0.717) is 34.5 Å². The minimum absolute atomic E-state index is 0.180. The fourth-order valence-electron chi connectivity index (χ4n) is 3.15. The van der Waals surface area contributed by atoms with Crippen molar-refractivity contribution < 1.29 is 4.79 Å². The number of aromatic nitrogens is 4. The van der Waals surface area contributed by atoms with Gasteiger partial charge in [-0.2, -0.15) is 0 Å². The van der Waals surface area contributed by atoms with Crippen molar-refractivity contribution in [1.82, 2.24) is 24.8 Å². The molecule has 0 saturated heterocycles. The summed E-state index contributed by atoms with van der Waals surface area (Å²) < 4.78 is 1.42. The van der Waals surface area contributed by atoms with Crippen molar-refractivity contribution in [3.8, 4) is 11.3 Å². The first-order valence-corrected chi connectivity index (χ1v) is 9.38. The average Bonchev–Trinajstić information content (AvgIpc) is 2.80. The molecule has 0 spiro atoms. The highest BCUT2D eigenvalue weighted by Crippen LogP contribution is 2.26. The zero-order chi connectivity index (χ0) is 21.1. The van der Waals surface area contributed by atoms with Crippen LogP contribution in [0.3, 0.4) is 0 Å². The van der Waals surface area contributed by atoms with Gasteiger partial charge in [0.15, 0.2) is 0 Å². The molecule has 4 rings (SSSR count). The minimum Gasteiger partial charge on any atom is -0.365 e. The van der Waals surface area contributed by atoms with E-state index in [1.165, 1.54) is 10.9 Å². The number of carbonyl (C=O) groups is 1. The largest absolute Gasteiger partial charge is 0.365 e. The predicted molar refractivity (Wildman–Crippen MR) is 115 cm³/mol. The first-order chi connectivity index (χ1) is 14.6. The normalized spacial score (nSPS) is 10.7. The van der Waals surface area contributed by atoms with E-state index in [1.54, 1.807) is 50.8 Å². The number of nitrogens with zero attached hydrogens (tertiary/aromatic N) is 4. The molecule has 0 aliphatic carbocycles. The monoisotopic (exact) mass is 400 g/mol. The Labute approximate surface area is 172 Å². The molecule has 0 unspecified atom stereocenters. The van der Waals surface area contributed by atoms with Gasteiger partial charge < -0.3 is 15.2 Å². The molecule has 8 heteroatoms. The summed E-state index contributed by atoms with van der Waals surface area (Å²) in [5.74, 6) is 0.263. The minimum atomic E-state index is -0.185. The second kappa shape index (κ2) is 8.12. The first kappa shape index (κ1) is 19.3. The molecule has 1 amide bonds. The van der Waals surface area contributed by atoms with Crippen molar-refractivity contribution in [3.05, 3.63) is 82.7 Å². The van der Waals surface area contributed by atoms with Gasteiger partial charge in [0.05, 0.1) is 17.5 Å². The van der Waals surface area contributed by atoms with Gasteiger partial charge >= 0.3 is 0 Å². The average molecular weight is 400 g/mol. The Bertz CT molecular complexity index is 1280. The molecule has 1 aromatic carbocycles. The van der Waals surface area contributed by atoms with Crippen molar-refractivity contribution >= 4 is 22.6 Å². The highest BCUT2D eigenvalue weighted by atomic mass is 16.1. The Balaban J connectivity index is 1.83. The van der Waals surface area contributed by atoms with E-state index >= 15 is 0 Å². The Morgan fingerprint density at radius 2 is 1.93 bits per heavy atom. The number of pyridine rings is 2. The van der Waals surface area contributed by atoms with E-state index in [9.17, 15) is 9.59 Å². The van der Waals surface area contributed by atoms with Gasteiger partial charge in [-0.15, -0.1) is 0 Å². The van der Waals surface area contributed by atoms with Crippen LogP contribution in [-0.4, -0.2) is 32.5 Å². The molecule has 0 radical (unpaired) electrons. The smallest absolute Gasteiger partial charge is 0.264 e. The van der Waals surface area contributed by atoms with Gasteiger partial charge in [0.1, 0.15) is 11.2 Å². The molecule has 0 atom stereocenters. The lowest BCUT2D eigenvalue weighted by atomic mass is 10.1. The number of hydrogen-bond donors (Lipinski definition) is 2. The van der Waals surface area contributed by atoms with Crippen LogP contribution in [0.5, 0.6) is 0 Å². The maximum absolute atomic E-state index is 12.8. The van der Waals surface area contributed by atoms with Crippen LogP contribution in [-0.2, 0) is 13.6 Å². The van der Waals surface area contributed by atoms with Crippen LogP contribution >= 0.6 is 0 Å². The van der Waals surface area contributed by atoms with Crippen molar-refractivity contribution in [3.63, 3.8) is 0 Å². The van der Waals surface area contributed by atoms with E-state index in [4.69, 9.17) is 4.98 Å². The Morgan fingerprint density at radius 1 is 1.13 bits per heavy atom. The van der Waals surface area contributed by atoms with E-state index in [0.717, 1.165) is 11.1 Å². The van der Waals surface area contributed by atoms with Crippen molar-refractivity contribution in [2.75, 3.05) is 12.4 Å². The first-order valence-electron chi connectivity index (χ1n) is 9.38. The van der Waals surface area contributed by atoms with Gasteiger partial charge in [0.2, 0.25) is 0 Å². The van der Waals surface area contributed by atoms with E-state index < -0.39 is 0 Å². The molecule has 30 heavy (non-hydrogen) atoms. The number of hydrogen-bond acceptors (Lipinski definition) is 6. The van der Waals surface area contributed by atoms with Crippen LogP contribution in [0, 0.1) is 0 Å². The molecule has 0 aliphatic heterocycles. The van der Waals surface area contributed by atoms with Gasteiger partial charge in [-0.25, -0.2) is 9.97 Å².